The number of sulfonamides is 1. The normalized spacial score (nSPS) is 11.6. The molecule has 20 heavy (non-hydrogen) atoms. The van der Waals surface area contributed by atoms with Gasteiger partial charge in [-0.15, -0.1) is 11.3 Å². The first kappa shape index (κ1) is 15.0. The van der Waals surface area contributed by atoms with Crippen LogP contribution in [0.2, 0.25) is 0 Å². The first-order valence-corrected chi connectivity index (χ1v) is 8.47. The zero-order chi connectivity index (χ0) is 14.9. The van der Waals surface area contributed by atoms with Crippen LogP contribution in [0.5, 0.6) is 0 Å². The van der Waals surface area contributed by atoms with Gasteiger partial charge in [-0.2, -0.15) is 0 Å². The van der Waals surface area contributed by atoms with Gasteiger partial charge in [0.25, 0.3) is 10.0 Å². The van der Waals surface area contributed by atoms with Gasteiger partial charge in [0, 0.05) is 18.5 Å². The monoisotopic (exact) mass is 310 g/mol. The topological polar surface area (TPSA) is 63.4 Å². The minimum atomic E-state index is -3.52. The van der Waals surface area contributed by atoms with Crippen molar-refractivity contribution in [3.63, 3.8) is 0 Å². The van der Waals surface area contributed by atoms with E-state index in [0.29, 0.717) is 16.4 Å². The fourth-order valence-electron chi connectivity index (χ4n) is 1.92. The summed E-state index contributed by atoms with van der Waals surface area (Å²) in [6.45, 7) is 4.18. The summed E-state index contributed by atoms with van der Waals surface area (Å²) in [5.74, 6) is 0. The molecule has 0 spiro atoms. The van der Waals surface area contributed by atoms with Gasteiger partial charge in [-0.05, 0) is 43.2 Å². The van der Waals surface area contributed by atoms with Crippen LogP contribution >= 0.6 is 11.3 Å². The van der Waals surface area contributed by atoms with E-state index in [1.807, 2.05) is 32.0 Å². The number of aryl methyl sites for hydroxylation is 2. The molecule has 2 N–H and O–H groups in total. The van der Waals surface area contributed by atoms with Crippen molar-refractivity contribution >= 4 is 27.0 Å². The number of hydrogen-bond acceptors (Lipinski definition) is 4. The van der Waals surface area contributed by atoms with E-state index >= 15 is 0 Å². The summed E-state index contributed by atoms with van der Waals surface area (Å²) in [5.41, 5.74) is 8.22. The van der Waals surface area contributed by atoms with Gasteiger partial charge in [0.2, 0.25) is 0 Å². The Bertz CT molecular complexity index is 721. The number of nitrogens with zero attached hydrogens (tertiary/aromatic N) is 1. The van der Waals surface area contributed by atoms with Gasteiger partial charge >= 0.3 is 0 Å². The molecule has 0 amide bonds. The maximum Gasteiger partial charge on any atom is 0.273 e. The van der Waals surface area contributed by atoms with E-state index in [4.69, 9.17) is 5.73 Å². The summed E-state index contributed by atoms with van der Waals surface area (Å²) in [6, 6.07) is 9.11. The first-order chi connectivity index (χ1) is 9.36. The van der Waals surface area contributed by atoms with Gasteiger partial charge < -0.3 is 5.73 Å². The molecular weight excluding hydrogens is 292 g/mol. The molecule has 0 bridgehead atoms. The second kappa shape index (κ2) is 5.55. The third-order valence-electron chi connectivity index (χ3n) is 3.16. The van der Waals surface area contributed by atoms with Crippen LogP contribution in [0.25, 0.3) is 0 Å². The number of anilines is 1. The van der Waals surface area contributed by atoms with Crippen molar-refractivity contribution < 1.29 is 8.42 Å². The molecule has 2 aromatic rings. The van der Waals surface area contributed by atoms with Crippen molar-refractivity contribution in [3.05, 3.63) is 46.3 Å². The number of thiophene rings is 1. The number of nitrogens with two attached hydrogens (primary N) is 1. The average molecular weight is 310 g/mol. The fourth-order valence-corrected chi connectivity index (χ4v) is 4.74. The molecule has 1 aromatic carbocycles. The van der Waals surface area contributed by atoms with Crippen LogP contribution in [0.1, 0.15) is 16.0 Å². The van der Waals surface area contributed by atoms with Crippen molar-refractivity contribution in [1.82, 2.24) is 0 Å². The Morgan fingerprint density at radius 1 is 1.25 bits per heavy atom. The molecule has 108 valence electrons. The van der Waals surface area contributed by atoms with E-state index < -0.39 is 10.0 Å². The lowest BCUT2D eigenvalue weighted by Gasteiger charge is -2.18. The molecular formula is C14H18N2O2S2. The van der Waals surface area contributed by atoms with Crippen molar-refractivity contribution in [2.45, 2.75) is 24.6 Å². The Kier molecular flexibility index (Phi) is 4.17. The third-order valence-corrected chi connectivity index (χ3v) is 6.66. The highest BCUT2D eigenvalue weighted by atomic mass is 32.2. The van der Waals surface area contributed by atoms with Crippen molar-refractivity contribution in [1.29, 1.82) is 0 Å². The van der Waals surface area contributed by atoms with E-state index in [2.05, 4.69) is 0 Å². The maximum absolute atomic E-state index is 12.6. The number of rotatable bonds is 4. The quantitative estimate of drug-likeness (QED) is 0.944. The van der Waals surface area contributed by atoms with E-state index in [1.54, 1.807) is 19.2 Å². The van der Waals surface area contributed by atoms with Crippen LogP contribution in [0.3, 0.4) is 0 Å². The Hall–Kier alpha value is -1.37. The van der Waals surface area contributed by atoms with E-state index in [1.165, 1.54) is 15.6 Å². The standard InChI is InChI=1S/C14H18N2O2S2/c1-10-5-4-6-12(7-10)16(3)20(17,18)14-8-11(2)13(9-15)19-14/h4-8H,9,15H2,1-3H3. The Morgan fingerprint density at radius 3 is 2.50 bits per heavy atom. The molecule has 0 unspecified atom stereocenters. The third kappa shape index (κ3) is 2.72. The molecule has 4 nitrogen and oxygen atoms in total. The van der Waals surface area contributed by atoms with E-state index in [9.17, 15) is 8.42 Å². The van der Waals surface area contributed by atoms with E-state index in [0.717, 1.165) is 16.0 Å². The van der Waals surface area contributed by atoms with Gasteiger partial charge in [0.05, 0.1) is 5.69 Å². The Balaban J connectivity index is 2.43. The minimum Gasteiger partial charge on any atom is -0.326 e. The highest BCUT2D eigenvalue weighted by Gasteiger charge is 2.24. The summed E-state index contributed by atoms with van der Waals surface area (Å²) in [6.07, 6.45) is 0. The predicted octanol–water partition coefficient (Wildman–Crippen LogP) is 2.65. The summed E-state index contributed by atoms with van der Waals surface area (Å²) in [4.78, 5) is 0.904. The molecule has 0 saturated heterocycles. The van der Waals surface area contributed by atoms with Crippen LogP contribution < -0.4 is 10.0 Å². The highest BCUT2D eigenvalue weighted by Crippen LogP contribution is 2.30. The Labute approximate surface area is 123 Å². The summed E-state index contributed by atoms with van der Waals surface area (Å²) in [5, 5.41) is 0. The summed E-state index contributed by atoms with van der Waals surface area (Å²) >= 11 is 1.24. The zero-order valence-electron chi connectivity index (χ0n) is 11.8. The SMILES string of the molecule is Cc1cccc(N(C)S(=O)(=O)c2cc(C)c(CN)s2)c1. The van der Waals surface area contributed by atoms with Crippen LogP contribution in [-0.2, 0) is 16.6 Å². The fraction of sp³-hybridized carbons (Fsp3) is 0.286. The lowest BCUT2D eigenvalue weighted by Crippen LogP contribution is -2.25. The van der Waals surface area contributed by atoms with Crippen LogP contribution in [-0.4, -0.2) is 15.5 Å². The second-order valence-electron chi connectivity index (χ2n) is 4.69. The number of hydrogen-bond donors (Lipinski definition) is 1. The minimum absolute atomic E-state index is 0.333. The van der Waals surface area contributed by atoms with Gasteiger partial charge in [-0.3, -0.25) is 4.31 Å². The smallest absolute Gasteiger partial charge is 0.273 e. The maximum atomic E-state index is 12.6. The van der Waals surface area contributed by atoms with Crippen molar-refractivity contribution in [2.24, 2.45) is 5.73 Å². The van der Waals surface area contributed by atoms with E-state index in [-0.39, 0.29) is 0 Å². The molecule has 1 heterocycles. The lowest BCUT2D eigenvalue weighted by atomic mass is 10.2. The van der Waals surface area contributed by atoms with Gasteiger partial charge in [-0.1, -0.05) is 12.1 Å². The van der Waals surface area contributed by atoms with Crippen molar-refractivity contribution in [3.8, 4) is 0 Å². The Morgan fingerprint density at radius 2 is 1.95 bits per heavy atom. The van der Waals surface area contributed by atoms with Crippen molar-refractivity contribution in [2.75, 3.05) is 11.4 Å². The van der Waals surface area contributed by atoms with Crippen LogP contribution in [0, 0.1) is 13.8 Å². The summed E-state index contributed by atoms with van der Waals surface area (Å²) < 4.78 is 26.9. The predicted molar refractivity (Wildman–Crippen MR) is 83.7 cm³/mol. The van der Waals surface area contributed by atoms with Gasteiger partial charge in [-0.25, -0.2) is 8.42 Å². The van der Waals surface area contributed by atoms with Crippen LogP contribution in [0.15, 0.2) is 34.5 Å². The molecule has 0 fully saturated rings. The highest BCUT2D eigenvalue weighted by molar-refractivity contribution is 7.94. The molecule has 0 aliphatic carbocycles. The molecule has 6 heteroatoms. The van der Waals surface area contributed by atoms with Crippen LogP contribution in [0.4, 0.5) is 5.69 Å². The molecule has 2 rings (SSSR count). The van der Waals surface area contributed by atoms with Gasteiger partial charge in [0.1, 0.15) is 4.21 Å². The molecule has 1 aromatic heterocycles. The zero-order valence-corrected chi connectivity index (χ0v) is 13.4. The lowest BCUT2D eigenvalue weighted by molar-refractivity contribution is 0.596. The largest absolute Gasteiger partial charge is 0.326 e. The molecule has 0 atom stereocenters. The summed E-state index contributed by atoms with van der Waals surface area (Å²) in [7, 11) is -1.95. The molecule has 0 aliphatic heterocycles. The molecule has 0 saturated carbocycles. The molecule has 0 radical (unpaired) electrons. The second-order valence-corrected chi connectivity index (χ2v) is 8.02. The number of benzene rings is 1. The molecule has 0 aliphatic rings. The first-order valence-electron chi connectivity index (χ1n) is 6.21. The average Bonchev–Trinajstić information content (AvgIpc) is 2.79. The van der Waals surface area contributed by atoms with Gasteiger partial charge in [0.15, 0.2) is 0 Å².